The normalized spacial score (nSPS) is 17.7. The predicted octanol–water partition coefficient (Wildman–Crippen LogP) is 5.28. The Bertz CT molecular complexity index is 816. The van der Waals surface area contributed by atoms with Crippen LogP contribution in [-0.2, 0) is 12.3 Å². The molecule has 0 fully saturated rings. The molecule has 0 bridgehead atoms. The lowest BCUT2D eigenvalue weighted by Gasteiger charge is -2.32. The summed E-state index contributed by atoms with van der Waals surface area (Å²) in [6, 6.07) is 1.41. The number of unbranched alkanes of at least 4 members (excludes halogenated alkanes) is 5. The maximum atomic E-state index is 15.0. The Labute approximate surface area is 168 Å². The van der Waals surface area contributed by atoms with Crippen molar-refractivity contribution in [2.24, 2.45) is 0 Å². The summed E-state index contributed by atoms with van der Waals surface area (Å²) in [5, 5.41) is 9.26. The number of fused-ring (bicyclic) bond motifs is 1. The first kappa shape index (κ1) is 21.3. The van der Waals surface area contributed by atoms with Gasteiger partial charge in [-0.15, -0.1) is 0 Å². The number of aromatic hydroxyl groups is 1. The third-order valence-corrected chi connectivity index (χ3v) is 5.22. The van der Waals surface area contributed by atoms with E-state index in [0.29, 0.717) is 6.61 Å². The summed E-state index contributed by atoms with van der Waals surface area (Å²) in [4.78, 5) is 11.2. The molecule has 0 aromatic carbocycles. The number of hydrogen-bond acceptors (Lipinski definition) is 5. The van der Waals surface area contributed by atoms with Gasteiger partial charge in [0.25, 0.3) is 5.92 Å². The van der Waals surface area contributed by atoms with Gasteiger partial charge >= 0.3 is 0 Å². The number of aromatic nitrogens is 3. The monoisotopic (exact) mass is 409 g/mol. The summed E-state index contributed by atoms with van der Waals surface area (Å²) in [6.07, 6.45) is 8.95. The zero-order valence-corrected chi connectivity index (χ0v) is 16.5. The van der Waals surface area contributed by atoms with Gasteiger partial charge in [0.05, 0.1) is 30.5 Å². The minimum atomic E-state index is -3.50. The molecule has 2 aromatic heterocycles. The molecule has 1 aliphatic rings. The predicted molar refractivity (Wildman–Crippen MR) is 102 cm³/mol. The minimum absolute atomic E-state index is 0.0462. The second-order valence-electron chi connectivity index (χ2n) is 7.42. The van der Waals surface area contributed by atoms with Gasteiger partial charge in [-0.2, -0.15) is 9.37 Å². The highest BCUT2D eigenvalue weighted by Gasteiger charge is 2.50. The quantitative estimate of drug-likeness (QED) is 0.451. The molecular weight excluding hydrogens is 383 g/mol. The molecule has 0 saturated heterocycles. The fraction of sp³-hybridized carbons (Fsp3) is 0.571. The van der Waals surface area contributed by atoms with E-state index in [2.05, 4.69) is 21.9 Å². The smallest absolute Gasteiger partial charge is 0.287 e. The molecule has 0 amide bonds. The molecule has 3 rings (SSSR count). The molecular formula is C21H26F3N3O2. The molecule has 1 atom stereocenters. The average molecular weight is 409 g/mol. The fourth-order valence-corrected chi connectivity index (χ4v) is 3.68. The van der Waals surface area contributed by atoms with Crippen LogP contribution in [0.15, 0.2) is 18.5 Å². The molecule has 158 valence electrons. The highest BCUT2D eigenvalue weighted by Crippen LogP contribution is 2.49. The molecule has 2 aromatic rings. The van der Waals surface area contributed by atoms with Gasteiger partial charge in [0, 0.05) is 6.07 Å². The van der Waals surface area contributed by atoms with Crippen LogP contribution in [-0.4, -0.2) is 26.7 Å². The summed E-state index contributed by atoms with van der Waals surface area (Å²) in [6.45, 7) is 2.54. The Balaban J connectivity index is 1.68. The number of aryl methyl sites for hydroxylation is 1. The fourth-order valence-electron chi connectivity index (χ4n) is 3.68. The van der Waals surface area contributed by atoms with Crippen LogP contribution in [0.4, 0.5) is 13.2 Å². The largest absolute Gasteiger partial charge is 0.505 e. The van der Waals surface area contributed by atoms with Crippen LogP contribution in [0, 0.1) is 5.95 Å². The van der Waals surface area contributed by atoms with Crippen molar-refractivity contribution in [1.82, 2.24) is 15.0 Å². The van der Waals surface area contributed by atoms with E-state index in [-0.39, 0.29) is 35.9 Å². The van der Waals surface area contributed by atoms with E-state index < -0.39 is 23.4 Å². The Hall–Kier alpha value is -2.38. The second kappa shape index (κ2) is 9.41. The first-order valence-electron chi connectivity index (χ1n) is 10.1. The lowest BCUT2D eigenvalue weighted by atomic mass is 9.80. The van der Waals surface area contributed by atoms with Crippen LogP contribution in [0.25, 0.3) is 0 Å². The van der Waals surface area contributed by atoms with E-state index in [4.69, 9.17) is 4.74 Å². The molecule has 5 nitrogen and oxygen atoms in total. The number of nitrogens with zero attached hydrogens (tertiary/aromatic N) is 3. The number of rotatable bonds is 9. The average Bonchev–Trinajstić information content (AvgIpc) is 2.67. The van der Waals surface area contributed by atoms with Gasteiger partial charge in [-0.25, -0.2) is 18.7 Å². The SMILES string of the molecule is CCCCCCCCOc1cc2c(c(F)n1)C(F)(F)C(c1ncc(O)cn1)CC2. The standard InChI is InChI=1S/C21H26F3N3O2/c1-2-3-4-5-6-7-10-29-17-11-14-8-9-16(20-25-12-15(28)13-26-20)21(23,24)18(14)19(22)27-17/h11-13,16,28H,2-10H2,1H3. The molecule has 1 unspecified atom stereocenters. The zero-order valence-electron chi connectivity index (χ0n) is 16.5. The molecule has 1 aliphatic carbocycles. The Kier molecular flexibility index (Phi) is 6.92. The Morgan fingerprint density at radius 2 is 1.83 bits per heavy atom. The van der Waals surface area contributed by atoms with Crippen LogP contribution >= 0.6 is 0 Å². The highest BCUT2D eigenvalue weighted by molar-refractivity contribution is 5.38. The van der Waals surface area contributed by atoms with Crippen molar-refractivity contribution >= 4 is 0 Å². The van der Waals surface area contributed by atoms with Gasteiger partial charge in [0.2, 0.25) is 11.8 Å². The van der Waals surface area contributed by atoms with Gasteiger partial charge in [-0.1, -0.05) is 39.0 Å². The third-order valence-electron chi connectivity index (χ3n) is 5.22. The van der Waals surface area contributed by atoms with Crippen molar-refractivity contribution in [1.29, 1.82) is 0 Å². The Morgan fingerprint density at radius 1 is 1.14 bits per heavy atom. The molecule has 0 saturated carbocycles. The van der Waals surface area contributed by atoms with Crippen LogP contribution in [0.1, 0.15) is 74.7 Å². The summed E-state index contributed by atoms with van der Waals surface area (Å²) in [5.41, 5.74) is -0.507. The van der Waals surface area contributed by atoms with Crippen molar-refractivity contribution in [3.05, 3.63) is 41.4 Å². The summed E-state index contributed by atoms with van der Waals surface area (Å²) >= 11 is 0. The van der Waals surface area contributed by atoms with Crippen molar-refractivity contribution in [2.45, 2.75) is 70.1 Å². The lowest BCUT2D eigenvalue weighted by molar-refractivity contribution is -0.0501. The summed E-state index contributed by atoms with van der Waals surface area (Å²) in [7, 11) is 0. The zero-order chi connectivity index (χ0) is 20.9. The molecule has 29 heavy (non-hydrogen) atoms. The topological polar surface area (TPSA) is 68.1 Å². The molecule has 8 heteroatoms. The molecule has 1 N–H and O–H groups in total. The van der Waals surface area contributed by atoms with Crippen LogP contribution < -0.4 is 4.74 Å². The van der Waals surface area contributed by atoms with Crippen LogP contribution in [0.3, 0.4) is 0 Å². The number of ether oxygens (including phenoxy) is 1. The molecule has 0 aliphatic heterocycles. The molecule has 0 radical (unpaired) electrons. The number of alkyl halides is 2. The Morgan fingerprint density at radius 3 is 2.55 bits per heavy atom. The van der Waals surface area contributed by atoms with Gasteiger partial charge in [0.15, 0.2) is 5.75 Å². The molecule has 0 spiro atoms. The van der Waals surface area contributed by atoms with Crippen LogP contribution in [0.2, 0.25) is 0 Å². The van der Waals surface area contributed by atoms with E-state index in [1.54, 1.807) is 0 Å². The van der Waals surface area contributed by atoms with Gasteiger partial charge in [-0.05, 0) is 24.8 Å². The number of hydrogen-bond donors (Lipinski definition) is 1. The van der Waals surface area contributed by atoms with E-state index in [1.807, 2.05) is 0 Å². The van der Waals surface area contributed by atoms with E-state index in [1.165, 1.54) is 25.3 Å². The van der Waals surface area contributed by atoms with Crippen molar-refractivity contribution in [3.8, 4) is 11.6 Å². The van der Waals surface area contributed by atoms with Crippen molar-refractivity contribution in [2.75, 3.05) is 6.61 Å². The maximum Gasteiger partial charge on any atom is 0.287 e. The van der Waals surface area contributed by atoms with Crippen molar-refractivity contribution < 1.29 is 23.0 Å². The van der Waals surface area contributed by atoms with E-state index in [0.717, 1.165) is 31.7 Å². The first-order chi connectivity index (χ1) is 13.9. The lowest BCUT2D eigenvalue weighted by Crippen LogP contribution is -2.33. The second-order valence-corrected chi connectivity index (χ2v) is 7.42. The number of pyridine rings is 1. The highest BCUT2D eigenvalue weighted by atomic mass is 19.3. The van der Waals surface area contributed by atoms with E-state index in [9.17, 15) is 9.50 Å². The summed E-state index contributed by atoms with van der Waals surface area (Å²) in [5.74, 6) is -6.38. The van der Waals surface area contributed by atoms with Gasteiger partial charge in [-0.3, -0.25) is 0 Å². The third kappa shape index (κ3) is 4.97. The van der Waals surface area contributed by atoms with Crippen LogP contribution in [0.5, 0.6) is 11.6 Å². The summed E-state index contributed by atoms with van der Waals surface area (Å²) < 4.78 is 50.1. The van der Waals surface area contributed by atoms with Gasteiger partial charge < -0.3 is 9.84 Å². The van der Waals surface area contributed by atoms with E-state index >= 15 is 8.78 Å². The number of halogens is 3. The maximum absolute atomic E-state index is 15.0. The van der Waals surface area contributed by atoms with Crippen molar-refractivity contribution in [3.63, 3.8) is 0 Å². The first-order valence-corrected chi connectivity index (χ1v) is 10.1. The van der Waals surface area contributed by atoms with Gasteiger partial charge in [0.1, 0.15) is 5.82 Å². The minimum Gasteiger partial charge on any atom is -0.505 e. The molecule has 2 heterocycles.